The summed E-state index contributed by atoms with van der Waals surface area (Å²) >= 11 is 0. The minimum absolute atomic E-state index is 0.554. The van der Waals surface area contributed by atoms with E-state index in [1.54, 1.807) is 0 Å². The van der Waals surface area contributed by atoms with E-state index in [4.69, 9.17) is 0 Å². The van der Waals surface area contributed by atoms with Crippen LogP contribution in [0, 0.1) is 50.6 Å². The van der Waals surface area contributed by atoms with Gasteiger partial charge in [0.05, 0.1) is 0 Å². The quantitative estimate of drug-likeness (QED) is 0.0947. The highest BCUT2D eigenvalue weighted by Crippen LogP contribution is 2.42. The fraction of sp³-hybridized carbons (Fsp3) is 0.537. The van der Waals surface area contributed by atoms with E-state index in [1.807, 2.05) is 0 Å². The van der Waals surface area contributed by atoms with Crippen LogP contribution in [-0.4, -0.2) is 28.0 Å². The van der Waals surface area contributed by atoms with Gasteiger partial charge in [0.2, 0.25) is 11.4 Å². The molecule has 2 nitrogen and oxygen atoms in total. The largest absolute Gasteiger partial charge is 0.673 e. The summed E-state index contributed by atoms with van der Waals surface area (Å²) in [6, 6.07) is 13.6. The van der Waals surface area contributed by atoms with Crippen molar-refractivity contribution >= 4 is 23.4 Å². The van der Waals surface area contributed by atoms with Gasteiger partial charge in [-0.05, 0) is 119 Å². The maximum absolute atomic E-state index is 9.75. The topological polar surface area (TPSA) is 8.81 Å². The molecule has 1 aromatic heterocycles. The molecule has 3 aromatic rings. The van der Waals surface area contributed by atoms with Gasteiger partial charge in [0, 0.05) is 0 Å². The molecule has 0 aliphatic heterocycles. The number of hydrogen-bond acceptors (Lipinski definition) is 0. The molecule has 0 saturated carbocycles. The molecule has 0 radical (unpaired) electrons. The van der Waals surface area contributed by atoms with Crippen LogP contribution in [0.15, 0.2) is 42.7 Å². The second-order valence-electron chi connectivity index (χ2n) is 16.0. The molecule has 0 amide bonds. The van der Waals surface area contributed by atoms with Crippen LogP contribution in [0.1, 0.15) is 117 Å². The maximum atomic E-state index is 9.75. The molecule has 0 spiro atoms. The van der Waals surface area contributed by atoms with E-state index in [0.717, 1.165) is 22.8 Å². The van der Waals surface area contributed by atoms with E-state index >= 15 is 0 Å². The van der Waals surface area contributed by atoms with Gasteiger partial charge in [-0.15, -0.1) is 11.1 Å². The number of imidazole rings is 1. The first-order valence-corrected chi connectivity index (χ1v) is 22.6. The minimum atomic E-state index is -6.00. The third-order valence-electron chi connectivity index (χ3n) is 10.4. The minimum Gasteiger partial charge on any atom is -0.418 e. The fourth-order valence-electron chi connectivity index (χ4n) is 8.47. The number of rotatable bonds is 8. The molecule has 2 aromatic carbocycles. The molecule has 0 atom stereocenters. The van der Waals surface area contributed by atoms with Crippen molar-refractivity contribution in [2.45, 2.75) is 144 Å². The Bertz CT molecular complexity index is 1540. The Hall–Kier alpha value is -3.01. The summed E-state index contributed by atoms with van der Waals surface area (Å²) in [5.41, 5.74) is 20.8. The Morgan fingerprint density at radius 1 is 0.540 bits per heavy atom. The van der Waals surface area contributed by atoms with E-state index in [2.05, 4.69) is 186 Å². The van der Waals surface area contributed by atoms with Crippen molar-refractivity contribution in [3.05, 3.63) is 76.4 Å². The Labute approximate surface area is 303 Å². The lowest BCUT2D eigenvalue weighted by Crippen LogP contribution is -2.43. The molecular weight excluding hydrogens is 663 g/mol. The van der Waals surface area contributed by atoms with Crippen molar-refractivity contribution in [3.8, 4) is 34.3 Å². The molecule has 1 heterocycles. The molecule has 0 saturated heterocycles. The summed E-state index contributed by atoms with van der Waals surface area (Å²) in [4.78, 5) is 0. The first-order chi connectivity index (χ1) is 22.9. The lowest BCUT2D eigenvalue weighted by molar-refractivity contribution is -0.597. The Kier molecular flexibility index (Phi) is 14.7. The van der Waals surface area contributed by atoms with Crippen LogP contribution in [0.25, 0.3) is 11.4 Å². The Morgan fingerprint density at radius 2 is 0.860 bits per heavy atom. The van der Waals surface area contributed by atoms with Gasteiger partial charge in [-0.25, -0.2) is 0 Å². The third kappa shape index (κ3) is 10.1. The average Bonchev–Trinajstić information content (AvgIpc) is 3.29. The van der Waals surface area contributed by atoms with Crippen LogP contribution in [0.4, 0.5) is 17.3 Å². The van der Waals surface area contributed by atoms with Crippen LogP contribution < -0.4 is 4.57 Å². The van der Waals surface area contributed by atoms with Gasteiger partial charge in [0.15, 0.2) is 0 Å². The number of hydrogen-bond donors (Lipinski definition) is 0. The Morgan fingerprint density at radius 3 is 1.20 bits per heavy atom. The summed E-state index contributed by atoms with van der Waals surface area (Å²) in [6.45, 7) is 37.5. The van der Waals surface area contributed by atoms with E-state index in [-0.39, 0.29) is 0 Å². The van der Waals surface area contributed by atoms with Gasteiger partial charge in [0.25, 0.3) is 6.33 Å². The van der Waals surface area contributed by atoms with Gasteiger partial charge < -0.3 is 17.3 Å². The molecule has 0 aliphatic rings. The zero-order chi connectivity index (χ0) is 38.5. The van der Waals surface area contributed by atoms with Crippen molar-refractivity contribution in [1.82, 2.24) is 4.57 Å². The van der Waals surface area contributed by atoms with Crippen LogP contribution in [-0.2, 0) is 0 Å². The van der Waals surface area contributed by atoms with Gasteiger partial charge in [0.1, 0.15) is 27.5 Å². The molecule has 0 fully saturated rings. The number of halogens is 4. The smallest absolute Gasteiger partial charge is 0.418 e. The molecule has 0 N–H and O–H groups in total. The van der Waals surface area contributed by atoms with Crippen LogP contribution in [0.5, 0.6) is 0 Å². The molecule has 0 unspecified atom stereocenters. The van der Waals surface area contributed by atoms with Gasteiger partial charge in [-0.2, -0.15) is 9.13 Å². The average molecular weight is 725 g/mol. The van der Waals surface area contributed by atoms with Crippen molar-refractivity contribution in [2.75, 3.05) is 0 Å². The monoisotopic (exact) mass is 724 g/mol. The highest BCUT2D eigenvalue weighted by molar-refractivity contribution is 6.91. The number of nitrogens with zero attached hydrogens (tertiary/aromatic N) is 2. The summed E-state index contributed by atoms with van der Waals surface area (Å²) in [5, 5.41) is 0. The predicted molar refractivity (Wildman–Crippen MR) is 212 cm³/mol. The van der Waals surface area contributed by atoms with E-state index in [9.17, 15) is 17.3 Å². The summed E-state index contributed by atoms with van der Waals surface area (Å²) in [5.74, 6) is 7.83. The standard InChI is InChI=1S/C41H61N2Si2.BF4/c1-28(2)44(29(3)4,30(5)6)19-17-40-41(18-20-45(31(7)8,32(9)10)33(11)12)43(39-25-36(15)22-37(16)26-39)27-42(40)38-23-34(13)21-35(14)24-38;2-1(3,4)5/h21-33H,1-16H3;/q+1;-1. The SMILES string of the molecule is Cc1cc(C)cc(-n2c[n+](-c3cc(C)cc(C)c3)c(C#C[Si](C(C)C)(C(C)C)C(C)C)c2C#C[Si](C(C)C)(C(C)C)C(C)C)c1.F[B-](F)(F)F. The zero-order valence-electron chi connectivity index (χ0n) is 33.5. The molecule has 274 valence electrons. The second kappa shape index (κ2) is 17.0. The van der Waals surface area contributed by atoms with Crippen LogP contribution in [0.2, 0.25) is 33.2 Å². The molecule has 50 heavy (non-hydrogen) atoms. The summed E-state index contributed by atoms with van der Waals surface area (Å²) in [6.07, 6.45) is 2.25. The molecule has 0 aliphatic carbocycles. The van der Waals surface area contributed by atoms with E-state index in [0.29, 0.717) is 33.2 Å². The first kappa shape index (κ1) is 43.2. The predicted octanol–water partition coefficient (Wildman–Crippen LogP) is 12.4. The normalized spacial score (nSPS) is 12.4. The lowest BCUT2D eigenvalue weighted by atomic mass is 10.1. The third-order valence-corrected chi connectivity index (χ3v) is 23.0. The number of aryl methyl sites for hydroxylation is 4. The molecule has 9 heteroatoms. The van der Waals surface area contributed by atoms with Crippen molar-refractivity contribution < 1.29 is 21.8 Å². The number of aromatic nitrogens is 2. The van der Waals surface area contributed by atoms with Gasteiger partial charge in [-0.1, -0.05) is 95.2 Å². The summed E-state index contributed by atoms with van der Waals surface area (Å²) < 4.78 is 43.7. The van der Waals surface area contributed by atoms with Gasteiger partial charge in [-0.3, -0.25) is 0 Å². The molecular formula is C41H61BF4N2Si2. The Balaban J connectivity index is 0.00000161. The number of benzene rings is 2. The zero-order valence-corrected chi connectivity index (χ0v) is 35.5. The maximum Gasteiger partial charge on any atom is 0.673 e. The highest BCUT2D eigenvalue weighted by atomic mass is 28.3. The first-order valence-electron chi connectivity index (χ1n) is 18.2. The lowest BCUT2D eigenvalue weighted by Gasteiger charge is -2.38. The second-order valence-corrected chi connectivity index (χ2v) is 27.2. The van der Waals surface area contributed by atoms with E-state index in [1.165, 1.54) is 22.3 Å². The molecule has 3 rings (SSSR count). The van der Waals surface area contributed by atoms with Crippen LogP contribution in [0.3, 0.4) is 0 Å². The fourth-order valence-corrected chi connectivity index (χ4v) is 18.9. The molecule has 0 bridgehead atoms. The van der Waals surface area contributed by atoms with Crippen molar-refractivity contribution in [1.29, 1.82) is 0 Å². The summed E-state index contributed by atoms with van der Waals surface area (Å²) in [7, 11) is -10.0. The van der Waals surface area contributed by atoms with Gasteiger partial charge >= 0.3 is 7.25 Å². The van der Waals surface area contributed by atoms with Crippen molar-refractivity contribution in [2.24, 2.45) is 0 Å². The highest BCUT2D eigenvalue weighted by Gasteiger charge is 2.43. The van der Waals surface area contributed by atoms with Crippen LogP contribution >= 0.6 is 0 Å². The van der Waals surface area contributed by atoms with E-state index < -0.39 is 23.4 Å². The van der Waals surface area contributed by atoms with Crippen molar-refractivity contribution in [3.63, 3.8) is 0 Å².